The Morgan fingerprint density at radius 2 is 1.85 bits per heavy atom. The molecule has 1 amide bonds. The lowest BCUT2D eigenvalue weighted by Crippen LogP contribution is -2.39. The fraction of sp³-hybridized carbons (Fsp3) is 0.533. The van der Waals surface area contributed by atoms with Crippen molar-refractivity contribution in [1.82, 2.24) is 9.80 Å². The maximum atomic E-state index is 12.6. The van der Waals surface area contributed by atoms with Crippen molar-refractivity contribution in [3.63, 3.8) is 0 Å². The Morgan fingerprint density at radius 1 is 1.20 bits per heavy atom. The molecule has 0 heterocycles. The summed E-state index contributed by atoms with van der Waals surface area (Å²) in [7, 11) is 3.99. The third-order valence-electron chi connectivity index (χ3n) is 3.00. The fourth-order valence-electron chi connectivity index (χ4n) is 1.98. The molecule has 1 rings (SSSR count). The van der Waals surface area contributed by atoms with Gasteiger partial charge < -0.3 is 21.3 Å². The smallest absolute Gasteiger partial charge is 0.255 e. The molecule has 5 nitrogen and oxygen atoms in total. The molecule has 0 unspecified atom stereocenters. The first kappa shape index (κ1) is 16.3. The maximum absolute atomic E-state index is 12.6. The van der Waals surface area contributed by atoms with Crippen molar-refractivity contribution in [2.75, 3.05) is 45.2 Å². The van der Waals surface area contributed by atoms with Crippen LogP contribution in [0.15, 0.2) is 18.2 Å². The summed E-state index contributed by atoms with van der Waals surface area (Å²) in [6, 6.07) is 5.05. The van der Waals surface area contributed by atoms with E-state index in [0.29, 0.717) is 29.4 Å². The number of amides is 1. The Hall–Kier alpha value is -1.75. The van der Waals surface area contributed by atoms with Gasteiger partial charge in [-0.05, 0) is 38.2 Å². The fourth-order valence-corrected chi connectivity index (χ4v) is 1.98. The molecule has 0 fully saturated rings. The number of hydrogen-bond acceptors (Lipinski definition) is 4. The number of carbonyl (C=O) groups excluding carboxylic acids is 1. The molecule has 0 aliphatic rings. The second-order valence-corrected chi connectivity index (χ2v) is 5.79. The number of nitrogen functional groups attached to an aromatic ring is 2. The van der Waals surface area contributed by atoms with Gasteiger partial charge in [0.15, 0.2) is 0 Å². The highest BCUT2D eigenvalue weighted by Crippen LogP contribution is 2.18. The van der Waals surface area contributed by atoms with E-state index in [4.69, 9.17) is 11.5 Å². The Balaban J connectivity index is 2.90. The second kappa shape index (κ2) is 7.14. The van der Waals surface area contributed by atoms with Crippen LogP contribution in [0.25, 0.3) is 0 Å². The van der Waals surface area contributed by atoms with Crippen LogP contribution in [0.1, 0.15) is 24.2 Å². The normalized spacial score (nSPS) is 11.1. The lowest BCUT2D eigenvalue weighted by Gasteiger charge is -2.26. The number of nitrogens with two attached hydrogens (primary N) is 2. The molecule has 1 aromatic carbocycles. The van der Waals surface area contributed by atoms with Crippen LogP contribution < -0.4 is 11.5 Å². The quantitative estimate of drug-likeness (QED) is 0.773. The Kier molecular flexibility index (Phi) is 5.82. The third kappa shape index (κ3) is 4.74. The number of rotatable bonds is 6. The zero-order valence-electron chi connectivity index (χ0n) is 12.9. The first-order valence-corrected chi connectivity index (χ1v) is 6.90. The minimum Gasteiger partial charge on any atom is -0.399 e. The van der Waals surface area contributed by atoms with E-state index in [2.05, 4.69) is 18.7 Å². The average molecular weight is 278 g/mol. The van der Waals surface area contributed by atoms with E-state index in [1.807, 2.05) is 19.0 Å². The molecule has 1 aromatic rings. The molecule has 0 bridgehead atoms. The molecular weight excluding hydrogens is 252 g/mol. The summed E-state index contributed by atoms with van der Waals surface area (Å²) in [6.45, 7) is 6.43. The molecule has 0 atom stereocenters. The predicted molar refractivity (Wildman–Crippen MR) is 84.6 cm³/mol. The zero-order valence-corrected chi connectivity index (χ0v) is 12.9. The van der Waals surface area contributed by atoms with Crippen molar-refractivity contribution in [1.29, 1.82) is 0 Å². The van der Waals surface area contributed by atoms with E-state index < -0.39 is 0 Å². The molecule has 0 aliphatic carbocycles. The van der Waals surface area contributed by atoms with Crippen molar-refractivity contribution >= 4 is 17.3 Å². The molecule has 0 spiro atoms. The van der Waals surface area contributed by atoms with E-state index in [1.54, 1.807) is 18.2 Å². The highest BCUT2D eigenvalue weighted by Gasteiger charge is 2.19. The average Bonchev–Trinajstić information content (AvgIpc) is 2.33. The monoisotopic (exact) mass is 278 g/mol. The predicted octanol–water partition coefficient (Wildman–Crippen LogP) is 1.51. The molecule has 20 heavy (non-hydrogen) atoms. The van der Waals surface area contributed by atoms with Gasteiger partial charge in [0, 0.05) is 31.0 Å². The van der Waals surface area contributed by atoms with Crippen LogP contribution >= 0.6 is 0 Å². The second-order valence-electron chi connectivity index (χ2n) is 5.79. The van der Waals surface area contributed by atoms with Crippen LogP contribution in [0.2, 0.25) is 0 Å². The van der Waals surface area contributed by atoms with Gasteiger partial charge in [-0.15, -0.1) is 0 Å². The number of nitrogens with zero attached hydrogens (tertiary/aromatic N) is 2. The van der Waals surface area contributed by atoms with Gasteiger partial charge in [0.25, 0.3) is 5.91 Å². The highest BCUT2D eigenvalue weighted by atomic mass is 16.2. The van der Waals surface area contributed by atoms with Gasteiger partial charge in [0.1, 0.15) is 0 Å². The summed E-state index contributed by atoms with van der Waals surface area (Å²) >= 11 is 0. The van der Waals surface area contributed by atoms with E-state index in [9.17, 15) is 4.79 Å². The minimum absolute atomic E-state index is 0.0296. The number of hydrogen-bond donors (Lipinski definition) is 2. The van der Waals surface area contributed by atoms with Crippen molar-refractivity contribution in [3.8, 4) is 0 Å². The van der Waals surface area contributed by atoms with E-state index >= 15 is 0 Å². The van der Waals surface area contributed by atoms with Gasteiger partial charge in [-0.3, -0.25) is 4.79 Å². The first-order valence-electron chi connectivity index (χ1n) is 6.90. The van der Waals surface area contributed by atoms with Crippen LogP contribution in [0.3, 0.4) is 0 Å². The highest BCUT2D eigenvalue weighted by molar-refractivity contribution is 5.99. The van der Waals surface area contributed by atoms with Crippen LogP contribution in [0.5, 0.6) is 0 Å². The van der Waals surface area contributed by atoms with Crippen molar-refractivity contribution in [3.05, 3.63) is 23.8 Å². The lowest BCUT2D eigenvalue weighted by molar-refractivity contribution is 0.0726. The summed E-state index contributed by atoms with van der Waals surface area (Å²) < 4.78 is 0. The Labute approximate surface area is 121 Å². The van der Waals surface area contributed by atoms with Gasteiger partial charge in [-0.2, -0.15) is 0 Å². The van der Waals surface area contributed by atoms with E-state index in [0.717, 1.165) is 13.1 Å². The number of carbonyl (C=O) groups is 1. The summed E-state index contributed by atoms with van der Waals surface area (Å²) in [5, 5.41) is 0. The SMILES string of the molecule is CC(C)CN(CCN(C)C)C(=O)c1ccc(N)cc1N. The van der Waals surface area contributed by atoms with Crippen LogP contribution in [-0.4, -0.2) is 49.4 Å². The van der Waals surface area contributed by atoms with Crippen LogP contribution in [0.4, 0.5) is 11.4 Å². The van der Waals surface area contributed by atoms with E-state index in [1.165, 1.54) is 0 Å². The molecule has 0 radical (unpaired) electrons. The molecule has 0 aromatic heterocycles. The summed E-state index contributed by atoms with van der Waals surface area (Å²) in [4.78, 5) is 16.5. The zero-order chi connectivity index (χ0) is 15.3. The van der Waals surface area contributed by atoms with Crippen molar-refractivity contribution in [2.45, 2.75) is 13.8 Å². The summed E-state index contributed by atoms with van der Waals surface area (Å²) in [5.74, 6) is 0.383. The van der Waals surface area contributed by atoms with Crippen molar-refractivity contribution in [2.24, 2.45) is 5.92 Å². The van der Waals surface area contributed by atoms with Crippen LogP contribution in [0, 0.1) is 5.92 Å². The molecule has 0 aliphatic heterocycles. The minimum atomic E-state index is -0.0296. The Morgan fingerprint density at radius 3 is 2.35 bits per heavy atom. The number of benzene rings is 1. The lowest BCUT2D eigenvalue weighted by atomic mass is 10.1. The summed E-state index contributed by atoms with van der Waals surface area (Å²) in [6.07, 6.45) is 0. The molecule has 0 saturated heterocycles. The van der Waals surface area contributed by atoms with Crippen molar-refractivity contribution < 1.29 is 4.79 Å². The topological polar surface area (TPSA) is 75.6 Å². The Bertz CT molecular complexity index is 457. The van der Waals surface area contributed by atoms with Gasteiger partial charge in [0.05, 0.1) is 5.56 Å². The van der Waals surface area contributed by atoms with Gasteiger partial charge in [-0.1, -0.05) is 13.8 Å². The number of likely N-dealkylation sites (N-methyl/N-ethyl adjacent to an activating group) is 1. The third-order valence-corrected chi connectivity index (χ3v) is 3.00. The maximum Gasteiger partial charge on any atom is 0.255 e. The molecule has 5 heteroatoms. The molecule has 4 N–H and O–H groups in total. The molecular formula is C15H26N4O. The summed E-state index contributed by atoms with van der Waals surface area (Å²) in [5.41, 5.74) is 13.1. The van der Waals surface area contributed by atoms with Crippen LogP contribution in [-0.2, 0) is 0 Å². The van der Waals surface area contributed by atoms with Gasteiger partial charge in [-0.25, -0.2) is 0 Å². The van der Waals surface area contributed by atoms with Gasteiger partial charge >= 0.3 is 0 Å². The molecule has 0 saturated carbocycles. The largest absolute Gasteiger partial charge is 0.399 e. The van der Waals surface area contributed by atoms with E-state index in [-0.39, 0.29) is 5.91 Å². The first-order chi connectivity index (χ1) is 9.31. The van der Waals surface area contributed by atoms with Gasteiger partial charge in [0.2, 0.25) is 0 Å². The molecule has 112 valence electrons. The standard InChI is InChI=1S/C15H26N4O/c1-11(2)10-19(8-7-18(3)4)15(20)13-6-5-12(16)9-14(13)17/h5-6,9,11H,7-8,10,16-17H2,1-4H3. The number of anilines is 2.